The van der Waals surface area contributed by atoms with Crippen molar-refractivity contribution in [1.29, 1.82) is 0 Å². The lowest BCUT2D eigenvalue weighted by Crippen LogP contribution is -2.28. The van der Waals surface area contributed by atoms with Gasteiger partial charge in [-0.3, -0.25) is 39.9 Å². The van der Waals surface area contributed by atoms with E-state index >= 15 is 0 Å². The Hall–Kier alpha value is -6.60. The third-order valence-electron chi connectivity index (χ3n) is 5.06. The van der Waals surface area contributed by atoms with Crippen LogP contribution in [0.25, 0.3) is 6.08 Å². The van der Waals surface area contributed by atoms with Crippen molar-refractivity contribution >= 4 is 58.6 Å². The molecular weight excluding hydrogens is 590 g/mol. The lowest BCUT2D eigenvalue weighted by molar-refractivity contribution is -0.402. The number of amides is 2. The highest BCUT2D eigenvalue weighted by Crippen LogP contribution is 2.21. The van der Waals surface area contributed by atoms with Crippen LogP contribution in [-0.2, 0) is 9.59 Å². The molecule has 3 aromatic rings. The van der Waals surface area contributed by atoms with Gasteiger partial charge < -0.3 is 23.9 Å². The molecule has 0 spiro atoms. The number of amidine groups is 2. The van der Waals surface area contributed by atoms with E-state index in [4.69, 9.17) is 13.3 Å². The largest absolute Gasteiger partial charge is 0.433 e. The summed E-state index contributed by atoms with van der Waals surface area (Å²) in [5.74, 6) is -3.90. The molecule has 0 radical (unpaired) electrons. The lowest BCUT2D eigenvalue weighted by atomic mass is 10.1. The number of allylic oxidation sites excluding steroid dienone is 1. The molecule has 0 fully saturated rings. The molecule has 0 aromatic carbocycles. The van der Waals surface area contributed by atoms with Crippen molar-refractivity contribution in [2.24, 2.45) is 20.4 Å². The minimum Gasteiger partial charge on any atom is -0.401 e. The smallest absolute Gasteiger partial charge is 0.401 e. The minimum atomic E-state index is -0.788. The Labute approximate surface area is 245 Å². The zero-order valence-electron chi connectivity index (χ0n) is 23.2. The number of carbonyl (C=O) groups is 2. The highest BCUT2D eigenvalue weighted by Gasteiger charge is 2.19. The van der Waals surface area contributed by atoms with Crippen molar-refractivity contribution in [2.45, 2.75) is 27.7 Å². The van der Waals surface area contributed by atoms with Crippen molar-refractivity contribution < 1.29 is 37.6 Å². The second kappa shape index (κ2) is 13.8. The van der Waals surface area contributed by atoms with Crippen molar-refractivity contribution in [3.8, 4) is 0 Å². The maximum Gasteiger partial charge on any atom is 0.433 e. The van der Waals surface area contributed by atoms with E-state index in [9.17, 15) is 39.9 Å². The van der Waals surface area contributed by atoms with Crippen molar-refractivity contribution in [2.75, 3.05) is 0 Å². The second-order valence-electron chi connectivity index (χ2n) is 8.41. The number of nitrogens with zero attached hydrogens (tertiary/aromatic N) is 7. The molecule has 3 aromatic heterocycles. The predicted molar refractivity (Wildman–Crippen MR) is 151 cm³/mol. The molecule has 0 saturated carbocycles. The van der Waals surface area contributed by atoms with Crippen LogP contribution in [0.1, 0.15) is 45.0 Å². The van der Waals surface area contributed by atoms with Crippen LogP contribution in [0.3, 0.4) is 0 Å². The van der Waals surface area contributed by atoms with Crippen LogP contribution in [0.15, 0.2) is 75.6 Å². The van der Waals surface area contributed by atoms with Crippen LogP contribution >= 0.6 is 0 Å². The zero-order valence-corrected chi connectivity index (χ0v) is 23.2. The van der Waals surface area contributed by atoms with Crippen molar-refractivity contribution in [3.63, 3.8) is 0 Å². The van der Waals surface area contributed by atoms with Gasteiger partial charge in [0.05, 0.1) is 29.6 Å². The Morgan fingerprint density at radius 1 is 0.636 bits per heavy atom. The van der Waals surface area contributed by atoms with E-state index in [0.717, 1.165) is 32.0 Å². The molecule has 0 aliphatic heterocycles. The Morgan fingerprint density at radius 3 is 1.36 bits per heavy atom. The van der Waals surface area contributed by atoms with Crippen LogP contribution in [0.2, 0.25) is 0 Å². The minimum absolute atomic E-state index is 0.00348. The van der Waals surface area contributed by atoms with E-state index in [1.165, 1.54) is 38.1 Å². The number of carbonyl (C=O) groups excluding carboxylic acids is 2. The van der Waals surface area contributed by atoms with Crippen LogP contribution in [0, 0.1) is 30.3 Å². The molecule has 0 saturated heterocycles. The second-order valence-corrected chi connectivity index (χ2v) is 8.41. The molecule has 2 amide bonds. The van der Waals surface area contributed by atoms with E-state index in [-0.39, 0.29) is 45.9 Å². The fourth-order valence-corrected chi connectivity index (χ4v) is 3.20. The molecule has 3 heterocycles. The molecular formula is C24H21N9O11. The van der Waals surface area contributed by atoms with Crippen LogP contribution in [0.5, 0.6) is 0 Å². The summed E-state index contributed by atoms with van der Waals surface area (Å²) >= 11 is 0. The van der Waals surface area contributed by atoms with Crippen LogP contribution in [0.4, 0.5) is 17.7 Å². The van der Waals surface area contributed by atoms with Gasteiger partial charge in [0.2, 0.25) is 11.8 Å². The van der Waals surface area contributed by atoms with Gasteiger partial charge in [-0.1, -0.05) is 0 Å². The van der Waals surface area contributed by atoms with E-state index in [2.05, 4.69) is 31.0 Å². The van der Waals surface area contributed by atoms with Gasteiger partial charge in [0, 0.05) is 19.4 Å². The van der Waals surface area contributed by atoms with Gasteiger partial charge in [0.25, 0.3) is 0 Å². The Morgan fingerprint density at radius 2 is 1.02 bits per heavy atom. The van der Waals surface area contributed by atoms with E-state index in [0.29, 0.717) is 0 Å². The molecule has 3 rings (SSSR count). The Bertz CT molecular complexity index is 1690. The molecule has 20 heteroatoms. The average Bonchev–Trinajstić information content (AvgIpc) is 3.72. The number of hydrogen-bond donors (Lipinski definition) is 2. The maximum absolute atomic E-state index is 11.7. The summed E-state index contributed by atoms with van der Waals surface area (Å²) < 4.78 is 15.4. The van der Waals surface area contributed by atoms with Gasteiger partial charge in [-0.25, -0.2) is 0 Å². The standard InChI is InChI=1S/C24H21N9O11/c1-12(27-29-23(25-14(3)34)18-6-9-21(43-18)32(38)39)17(11-16-5-8-20(42-16)31(36)37)13(2)28-30-24(26-15(4)35)19-7-10-22(44-19)33(40)41/h5-11H,1-4H3,(H,25,29,34)(H,26,30,35)/b27-12+,28-13+. The van der Waals surface area contributed by atoms with Gasteiger partial charge in [-0.05, 0) is 38.1 Å². The van der Waals surface area contributed by atoms with Crippen molar-refractivity contribution in [3.05, 3.63) is 89.6 Å². The molecule has 20 nitrogen and oxygen atoms in total. The summed E-state index contributed by atoms with van der Waals surface area (Å²) in [5.41, 5.74) is 0.264. The molecule has 0 aliphatic carbocycles. The number of nitro groups is 3. The van der Waals surface area contributed by atoms with Gasteiger partial charge in [-0.15, -0.1) is 10.2 Å². The summed E-state index contributed by atoms with van der Waals surface area (Å²) in [7, 11) is 0. The van der Waals surface area contributed by atoms with Gasteiger partial charge in [0.15, 0.2) is 23.2 Å². The van der Waals surface area contributed by atoms with Crippen LogP contribution in [-0.4, -0.2) is 49.7 Å². The fourth-order valence-electron chi connectivity index (χ4n) is 3.20. The summed E-state index contributed by atoms with van der Waals surface area (Å²) in [4.78, 5) is 54.3. The van der Waals surface area contributed by atoms with E-state index < -0.39 is 44.2 Å². The number of rotatable bonds is 10. The van der Waals surface area contributed by atoms with E-state index in [1.807, 2.05) is 0 Å². The fraction of sp³-hybridized carbons (Fsp3) is 0.167. The number of nitrogens with one attached hydrogen (secondary N) is 2. The normalized spacial score (nSPS) is 12.5. The number of furan rings is 3. The first-order valence-electron chi connectivity index (χ1n) is 12.0. The van der Waals surface area contributed by atoms with E-state index in [1.54, 1.807) is 0 Å². The Balaban J connectivity index is 2.12. The molecule has 0 unspecified atom stereocenters. The topological polar surface area (TPSA) is 276 Å². The maximum atomic E-state index is 11.7. The average molecular weight is 611 g/mol. The van der Waals surface area contributed by atoms with Crippen LogP contribution < -0.4 is 10.6 Å². The third kappa shape index (κ3) is 8.45. The first kappa shape index (κ1) is 31.9. The highest BCUT2D eigenvalue weighted by molar-refractivity contribution is 6.26. The summed E-state index contributed by atoms with van der Waals surface area (Å²) in [6.45, 7) is 5.20. The Kier molecular flexibility index (Phi) is 10.0. The summed E-state index contributed by atoms with van der Waals surface area (Å²) in [6.07, 6.45) is 1.31. The summed E-state index contributed by atoms with van der Waals surface area (Å²) in [6, 6.07) is 6.89. The van der Waals surface area contributed by atoms with Gasteiger partial charge >= 0.3 is 17.7 Å². The first-order chi connectivity index (χ1) is 20.7. The highest BCUT2D eigenvalue weighted by atomic mass is 16.7. The summed E-state index contributed by atoms with van der Waals surface area (Å²) in [5, 5.41) is 53.8. The quantitative estimate of drug-likeness (QED) is 0.145. The molecule has 0 atom stereocenters. The first-order valence-corrected chi connectivity index (χ1v) is 12.0. The SMILES string of the molecule is CC(=O)N/C(=N\N=C(/C)C(=Cc1ccc([N+](=O)[O-])o1)/C(C)=N/N=C(\NC(C)=O)c1ccc([N+](=O)[O-])o1)c1ccc([N+](=O)[O-])o1. The van der Waals surface area contributed by atoms with Crippen molar-refractivity contribution in [1.82, 2.24) is 10.6 Å². The molecule has 0 aliphatic rings. The number of hydrogen-bond acceptors (Lipinski definition) is 15. The molecule has 228 valence electrons. The predicted octanol–water partition coefficient (Wildman–Crippen LogP) is 3.49. The lowest BCUT2D eigenvalue weighted by Gasteiger charge is -2.06. The third-order valence-corrected chi connectivity index (χ3v) is 5.06. The monoisotopic (exact) mass is 611 g/mol. The van der Waals surface area contributed by atoms with Gasteiger partial charge in [-0.2, -0.15) is 10.2 Å². The van der Waals surface area contributed by atoms with Gasteiger partial charge in [0.1, 0.15) is 20.5 Å². The molecule has 0 bridgehead atoms. The molecule has 44 heavy (non-hydrogen) atoms. The zero-order chi connectivity index (χ0) is 32.6. The molecule has 2 N–H and O–H groups in total.